The van der Waals surface area contributed by atoms with E-state index in [1.807, 2.05) is 13.0 Å². The Hall–Kier alpha value is -2.31. The van der Waals surface area contributed by atoms with Crippen molar-refractivity contribution in [1.29, 1.82) is 0 Å². The Morgan fingerprint density at radius 3 is 2.61 bits per heavy atom. The molecule has 1 aliphatic heterocycles. The Morgan fingerprint density at radius 1 is 1.14 bits per heavy atom. The highest BCUT2D eigenvalue weighted by molar-refractivity contribution is 8.18. The molecule has 0 atom stereocenters. The van der Waals surface area contributed by atoms with Crippen LogP contribution in [-0.4, -0.2) is 40.9 Å². The van der Waals surface area contributed by atoms with Crippen LogP contribution in [0.2, 0.25) is 0 Å². The zero-order valence-electron chi connectivity index (χ0n) is 17.0. The van der Waals surface area contributed by atoms with Crippen molar-refractivity contribution in [2.75, 3.05) is 20.3 Å². The molecule has 2 aromatic rings. The highest BCUT2D eigenvalue weighted by Crippen LogP contribution is 2.34. The number of aryl methyl sites for hydroxylation is 2. The van der Waals surface area contributed by atoms with Gasteiger partial charge in [-0.15, -0.1) is 0 Å². The van der Waals surface area contributed by atoms with Gasteiger partial charge in [0.15, 0.2) is 0 Å². The summed E-state index contributed by atoms with van der Waals surface area (Å²) >= 11 is 1.01. The van der Waals surface area contributed by atoms with Gasteiger partial charge in [-0.25, -0.2) is 0 Å². The predicted octanol–water partition coefficient (Wildman–Crippen LogP) is 4.78. The molecule has 1 aliphatic rings. The Morgan fingerprint density at radius 2 is 1.89 bits per heavy atom. The molecule has 2 amide bonds. The first kappa shape index (κ1) is 20.4. The minimum atomic E-state index is -0.220. The van der Waals surface area contributed by atoms with E-state index in [1.54, 1.807) is 7.11 Å². The summed E-state index contributed by atoms with van der Waals surface area (Å²) < 4.78 is 7.22. The van der Waals surface area contributed by atoms with Gasteiger partial charge < -0.3 is 9.30 Å². The molecule has 5 nitrogen and oxygen atoms in total. The summed E-state index contributed by atoms with van der Waals surface area (Å²) in [6, 6.07) is 8.33. The van der Waals surface area contributed by atoms with Crippen LogP contribution in [0.5, 0.6) is 0 Å². The molecule has 3 rings (SSSR count). The molecule has 28 heavy (non-hydrogen) atoms. The van der Waals surface area contributed by atoms with Crippen LogP contribution in [0.3, 0.4) is 0 Å². The average Bonchev–Trinajstić information content (AvgIpc) is 3.08. The molecular formula is C22H26N2O3S. The smallest absolute Gasteiger partial charge is 0.293 e. The maximum Gasteiger partial charge on any atom is 0.293 e. The molecule has 6 heteroatoms. The number of aromatic nitrogens is 1. The second-order valence-corrected chi connectivity index (χ2v) is 8.05. The van der Waals surface area contributed by atoms with Gasteiger partial charge in [-0.2, -0.15) is 0 Å². The zero-order valence-corrected chi connectivity index (χ0v) is 17.9. The second kappa shape index (κ2) is 8.37. The number of thioether (sulfide) groups is 1. The quantitative estimate of drug-likeness (QED) is 0.519. The summed E-state index contributed by atoms with van der Waals surface area (Å²) in [6.07, 6.45) is 2.48. The van der Waals surface area contributed by atoms with Crippen molar-refractivity contribution in [3.63, 3.8) is 0 Å². The van der Waals surface area contributed by atoms with Crippen molar-refractivity contribution < 1.29 is 14.3 Å². The van der Waals surface area contributed by atoms with Gasteiger partial charge in [-0.1, -0.05) is 12.1 Å². The van der Waals surface area contributed by atoms with Crippen LogP contribution in [0.4, 0.5) is 4.79 Å². The number of carbonyl (C=O) groups is 2. The molecule has 1 aromatic carbocycles. The number of imide groups is 1. The Bertz CT molecular complexity index is 959. The van der Waals surface area contributed by atoms with Crippen molar-refractivity contribution in [2.24, 2.45) is 0 Å². The van der Waals surface area contributed by atoms with E-state index in [1.165, 1.54) is 16.0 Å². The van der Waals surface area contributed by atoms with Crippen molar-refractivity contribution in [3.05, 3.63) is 57.2 Å². The molecule has 148 valence electrons. The first-order chi connectivity index (χ1) is 13.3. The molecule has 0 unspecified atom stereocenters. The standard InChI is InChI=1S/C22H26N2O3S/c1-14-8-6-9-19(16(14)3)24-15(2)12-18(17(24)4)13-20-21(25)23(22(26)28-20)10-7-11-27-5/h6,8-9,12-13H,7,10-11H2,1-5H3/b20-13+. The van der Waals surface area contributed by atoms with Gasteiger partial charge in [-0.3, -0.25) is 14.5 Å². The van der Waals surface area contributed by atoms with Gasteiger partial charge in [-0.05, 0) is 80.8 Å². The summed E-state index contributed by atoms with van der Waals surface area (Å²) in [5.41, 5.74) is 6.72. The van der Waals surface area contributed by atoms with E-state index in [2.05, 4.69) is 49.6 Å². The number of hydrogen-bond donors (Lipinski definition) is 0. The van der Waals surface area contributed by atoms with E-state index in [0.29, 0.717) is 24.5 Å². The highest BCUT2D eigenvalue weighted by Gasteiger charge is 2.34. The molecular weight excluding hydrogens is 372 g/mol. The first-order valence-electron chi connectivity index (χ1n) is 9.35. The molecule has 0 radical (unpaired) electrons. The number of amides is 2. The average molecular weight is 399 g/mol. The number of nitrogens with zero attached hydrogens (tertiary/aromatic N) is 2. The Kier molecular flexibility index (Phi) is 6.10. The van der Waals surface area contributed by atoms with Gasteiger partial charge in [0.05, 0.1) is 4.91 Å². The summed E-state index contributed by atoms with van der Waals surface area (Å²) in [4.78, 5) is 26.7. The van der Waals surface area contributed by atoms with Crippen LogP contribution in [0.15, 0.2) is 29.2 Å². The summed E-state index contributed by atoms with van der Waals surface area (Å²) in [7, 11) is 1.61. The summed E-state index contributed by atoms with van der Waals surface area (Å²) in [5, 5.41) is -0.212. The van der Waals surface area contributed by atoms with Crippen molar-refractivity contribution in [1.82, 2.24) is 9.47 Å². The number of benzene rings is 1. The van der Waals surface area contributed by atoms with E-state index in [0.717, 1.165) is 34.4 Å². The Labute approximate surface area is 170 Å². The van der Waals surface area contributed by atoms with E-state index in [4.69, 9.17) is 4.74 Å². The lowest BCUT2D eigenvalue weighted by atomic mass is 10.1. The lowest BCUT2D eigenvalue weighted by Crippen LogP contribution is -2.29. The van der Waals surface area contributed by atoms with E-state index >= 15 is 0 Å². The molecule has 0 saturated carbocycles. The number of hydrogen-bond acceptors (Lipinski definition) is 4. The number of carbonyl (C=O) groups excluding carboxylic acids is 2. The summed E-state index contributed by atoms with van der Waals surface area (Å²) in [6.45, 7) is 9.24. The van der Waals surface area contributed by atoms with Crippen molar-refractivity contribution in [2.45, 2.75) is 34.1 Å². The minimum Gasteiger partial charge on any atom is -0.385 e. The van der Waals surface area contributed by atoms with Crippen molar-refractivity contribution in [3.8, 4) is 5.69 Å². The van der Waals surface area contributed by atoms with Crippen LogP contribution in [0, 0.1) is 27.7 Å². The molecule has 0 N–H and O–H groups in total. The molecule has 1 aromatic heterocycles. The van der Waals surface area contributed by atoms with Crippen LogP contribution >= 0.6 is 11.8 Å². The van der Waals surface area contributed by atoms with Crippen molar-refractivity contribution >= 4 is 29.0 Å². The molecule has 0 aliphatic carbocycles. The fourth-order valence-corrected chi connectivity index (χ4v) is 4.34. The molecule has 1 fully saturated rings. The third-order valence-electron chi connectivity index (χ3n) is 5.18. The maximum atomic E-state index is 12.7. The Balaban J connectivity index is 1.93. The van der Waals surface area contributed by atoms with Gasteiger partial charge >= 0.3 is 0 Å². The third-order valence-corrected chi connectivity index (χ3v) is 6.08. The predicted molar refractivity (Wildman–Crippen MR) is 114 cm³/mol. The normalized spacial score (nSPS) is 15.9. The van der Waals surface area contributed by atoms with Gasteiger partial charge in [0.2, 0.25) is 0 Å². The van der Waals surface area contributed by atoms with E-state index in [9.17, 15) is 9.59 Å². The maximum absolute atomic E-state index is 12.7. The molecule has 0 spiro atoms. The van der Waals surface area contributed by atoms with Gasteiger partial charge in [0.25, 0.3) is 11.1 Å². The molecule has 2 heterocycles. The van der Waals surface area contributed by atoms with E-state index < -0.39 is 0 Å². The lowest BCUT2D eigenvalue weighted by Gasteiger charge is -2.14. The third kappa shape index (κ3) is 3.80. The monoisotopic (exact) mass is 398 g/mol. The largest absolute Gasteiger partial charge is 0.385 e. The second-order valence-electron chi connectivity index (χ2n) is 7.06. The first-order valence-corrected chi connectivity index (χ1v) is 10.2. The number of ether oxygens (including phenoxy) is 1. The number of methoxy groups -OCH3 is 1. The molecule has 1 saturated heterocycles. The highest BCUT2D eigenvalue weighted by atomic mass is 32.2. The summed E-state index contributed by atoms with van der Waals surface area (Å²) in [5.74, 6) is -0.220. The number of rotatable bonds is 6. The van der Waals surface area contributed by atoms with E-state index in [-0.39, 0.29) is 11.1 Å². The topological polar surface area (TPSA) is 51.5 Å². The van der Waals surface area contributed by atoms with Crippen LogP contribution < -0.4 is 0 Å². The van der Waals surface area contributed by atoms with Crippen LogP contribution in [0.1, 0.15) is 34.5 Å². The van der Waals surface area contributed by atoms with Crippen LogP contribution in [-0.2, 0) is 9.53 Å². The van der Waals surface area contributed by atoms with Gasteiger partial charge in [0, 0.05) is 37.3 Å². The fraction of sp³-hybridized carbons (Fsp3) is 0.364. The zero-order chi connectivity index (χ0) is 20.4. The SMILES string of the molecule is COCCCN1C(=O)S/C(=C/c2cc(C)n(-c3cccc(C)c3C)c2C)C1=O. The molecule has 0 bridgehead atoms. The van der Waals surface area contributed by atoms with Crippen LogP contribution in [0.25, 0.3) is 11.8 Å². The van der Waals surface area contributed by atoms with Gasteiger partial charge in [0.1, 0.15) is 0 Å². The minimum absolute atomic E-state index is 0.212. The fourth-order valence-electron chi connectivity index (χ4n) is 3.48. The lowest BCUT2D eigenvalue weighted by molar-refractivity contribution is -0.122.